The monoisotopic (exact) mass is 364 g/mol. The van der Waals surface area contributed by atoms with Crippen LogP contribution in [0.5, 0.6) is 0 Å². The third-order valence-corrected chi connectivity index (χ3v) is 6.22. The smallest absolute Gasteiger partial charge is 0.259 e. The van der Waals surface area contributed by atoms with Gasteiger partial charge in [-0.3, -0.25) is 4.79 Å². The van der Waals surface area contributed by atoms with E-state index in [0.717, 1.165) is 11.3 Å². The summed E-state index contributed by atoms with van der Waals surface area (Å²) in [5.41, 5.74) is 2.02. The summed E-state index contributed by atoms with van der Waals surface area (Å²) in [5.74, 6) is -0.178. The van der Waals surface area contributed by atoms with Gasteiger partial charge in [-0.15, -0.1) is 0 Å². The number of hydrogen-bond donors (Lipinski definition) is 0. The van der Waals surface area contributed by atoms with Crippen molar-refractivity contribution in [2.24, 2.45) is 0 Å². The molecule has 5 nitrogen and oxygen atoms in total. The van der Waals surface area contributed by atoms with Crippen molar-refractivity contribution in [3.8, 4) is 0 Å². The maximum Gasteiger partial charge on any atom is 0.259 e. The Kier molecular flexibility index (Phi) is 4.38. The average molecular weight is 365 g/mol. The number of rotatable bonds is 3. The number of carbonyl (C=O) groups excluding carboxylic acids is 1. The van der Waals surface area contributed by atoms with Crippen molar-refractivity contribution in [2.75, 3.05) is 25.5 Å². The predicted octanol–water partition coefficient (Wildman–Crippen LogP) is 2.79. The summed E-state index contributed by atoms with van der Waals surface area (Å²) in [4.78, 5) is 14.6. The van der Waals surface area contributed by atoms with Gasteiger partial charge in [0, 0.05) is 26.3 Å². The summed E-state index contributed by atoms with van der Waals surface area (Å²) >= 11 is 6.11. The minimum atomic E-state index is -3.49. The van der Waals surface area contributed by atoms with E-state index in [0.29, 0.717) is 23.6 Å². The van der Waals surface area contributed by atoms with Crippen LogP contribution >= 0.6 is 11.6 Å². The number of sulfonamides is 1. The van der Waals surface area contributed by atoms with E-state index < -0.39 is 10.0 Å². The van der Waals surface area contributed by atoms with Gasteiger partial charge in [0.05, 0.1) is 15.5 Å². The van der Waals surface area contributed by atoms with E-state index in [1.165, 1.54) is 24.5 Å². The summed E-state index contributed by atoms with van der Waals surface area (Å²) in [5, 5.41) is 0.405. The van der Waals surface area contributed by atoms with Gasteiger partial charge in [0.1, 0.15) is 0 Å². The van der Waals surface area contributed by atoms with Gasteiger partial charge in [0.2, 0.25) is 10.0 Å². The third kappa shape index (κ3) is 2.81. The molecule has 2 aromatic carbocycles. The lowest BCUT2D eigenvalue weighted by atomic mass is 10.1. The zero-order chi connectivity index (χ0) is 17.5. The summed E-state index contributed by atoms with van der Waals surface area (Å²) < 4.78 is 25.7. The van der Waals surface area contributed by atoms with E-state index in [-0.39, 0.29) is 10.8 Å². The molecule has 1 heterocycles. The van der Waals surface area contributed by atoms with Gasteiger partial charge in [-0.1, -0.05) is 23.7 Å². The highest BCUT2D eigenvalue weighted by atomic mass is 35.5. The van der Waals surface area contributed by atoms with Gasteiger partial charge in [-0.2, -0.15) is 0 Å². The molecule has 0 fully saturated rings. The Morgan fingerprint density at radius 2 is 1.88 bits per heavy atom. The molecule has 0 aliphatic carbocycles. The summed E-state index contributed by atoms with van der Waals surface area (Å²) in [6, 6.07) is 11.8. The van der Waals surface area contributed by atoms with Crippen LogP contribution in [0, 0.1) is 0 Å². The van der Waals surface area contributed by atoms with Gasteiger partial charge in [-0.25, -0.2) is 12.7 Å². The van der Waals surface area contributed by atoms with E-state index >= 15 is 0 Å². The Morgan fingerprint density at radius 3 is 2.54 bits per heavy atom. The number of nitrogens with zero attached hydrogens (tertiary/aromatic N) is 2. The topological polar surface area (TPSA) is 57.7 Å². The molecule has 1 amide bonds. The van der Waals surface area contributed by atoms with Crippen molar-refractivity contribution >= 4 is 33.2 Å². The fraction of sp³-hybridized carbons (Fsp3) is 0.235. The zero-order valence-corrected chi connectivity index (χ0v) is 14.9. The fourth-order valence-corrected chi connectivity index (χ4v) is 3.91. The number of halogens is 1. The second kappa shape index (κ2) is 6.20. The van der Waals surface area contributed by atoms with Gasteiger partial charge in [0.15, 0.2) is 0 Å². The number of carbonyl (C=O) groups is 1. The van der Waals surface area contributed by atoms with Crippen molar-refractivity contribution in [3.63, 3.8) is 0 Å². The highest BCUT2D eigenvalue weighted by Gasteiger charge is 2.28. The lowest BCUT2D eigenvalue weighted by Crippen LogP contribution is -2.29. The average Bonchev–Trinajstić information content (AvgIpc) is 2.97. The minimum absolute atomic E-state index is 0.178. The van der Waals surface area contributed by atoms with Gasteiger partial charge in [0.25, 0.3) is 5.91 Å². The normalized spacial score (nSPS) is 14.1. The van der Waals surface area contributed by atoms with Crippen LogP contribution in [0.15, 0.2) is 47.4 Å². The number of benzene rings is 2. The molecule has 0 aromatic heterocycles. The Morgan fingerprint density at radius 1 is 1.17 bits per heavy atom. The van der Waals surface area contributed by atoms with Gasteiger partial charge >= 0.3 is 0 Å². The molecule has 0 N–H and O–H groups in total. The molecular formula is C17H17ClN2O3S. The fourth-order valence-electron chi connectivity index (χ4n) is 2.74. The lowest BCUT2D eigenvalue weighted by molar-refractivity contribution is 0.0989. The molecule has 126 valence electrons. The maximum atomic E-state index is 12.7. The highest BCUT2D eigenvalue weighted by Crippen LogP contribution is 2.32. The van der Waals surface area contributed by atoms with Crippen LogP contribution in [0.1, 0.15) is 15.9 Å². The Hall–Kier alpha value is -1.89. The van der Waals surface area contributed by atoms with Crippen molar-refractivity contribution < 1.29 is 13.2 Å². The van der Waals surface area contributed by atoms with Crippen LogP contribution in [0.4, 0.5) is 5.69 Å². The largest absolute Gasteiger partial charge is 0.308 e. The number of amides is 1. The molecule has 0 unspecified atom stereocenters. The van der Waals surface area contributed by atoms with Crippen LogP contribution in [0.2, 0.25) is 5.02 Å². The summed E-state index contributed by atoms with van der Waals surface area (Å²) in [7, 11) is -0.495. The van der Waals surface area contributed by atoms with Gasteiger partial charge < -0.3 is 4.90 Å². The van der Waals surface area contributed by atoms with Crippen molar-refractivity contribution in [1.29, 1.82) is 0 Å². The Bertz CT molecular complexity index is 910. The first-order valence-corrected chi connectivity index (χ1v) is 9.26. The first-order valence-electron chi connectivity index (χ1n) is 7.44. The lowest BCUT2D eigenvalue weighted by Gasteiger charge is -2.19. The molecule has 0 spiro atoms. The molecule has 2 aromatic rings. The van der Waals surface area contributed by atoms with Crippen LogP contribution in [0.25, 0.3) is 0 Å². The molecule has 0 saturated carbocycles. The van der Waals surface area contributed by atoms with Crippen LogP contribution in [-0.4, -0.2) is 39.3 Å². The van der Waals surface area contributed by atoms with Gasteiger partial charge in [-0.05, 0) is 42.3 Å². The first-order chi connectivity index (χ1) is 11.3. The summed E-state index contributed by atoms with van der Waals surface area (Å²) in [6.07, 6.45) is 0.613. The molecule has 3 rings (SSSR count). The van der Waals surface area contributed by atoms with E-state index in [1.807, 2.05) is 0 Å². The zero-order valence-electron chi connectivity index (χ0n) is 13.4. The van der Waals surface area contributed by atoms with E-state index in [9.17, 15) is 13.2 Å². The molecule has 1 aliphatic heterocycles. The molecule has 0 bridgehead atoms. The van der Waals surface area contributed by atoms with E-state index in [2.05, 4.69) is 0 Å². The standard InChI is InChI=1S/C17H17ClN2O3S/c1-19(2)24(22,23)13-7-8-16-12(11-13)9-10-20(16)17(21)14-5-3-4-6-15(14)18/h3-8,11H,9-10H2,1-2H3. The predicted molar refractivity (Wildman–Crippen MR) is 94.1 cm³/mol. The number of anilines is 1. The Labute approximate surface area is 146 Å². The SMILES string of the molecule is CN(C)S(=O)(=O)c1ccc2c(c1)CCN2C(=O)c1ccccc1Cl. The Balaban J connectivity index is 1.97. The second-order valence-electron chi connectivity index (χ2n) is 5.76. The molecule has 7 heteroatoms. The molecule has 24 heavy (non-hydrogen) atoms. The van der Waals surface area contributed by atoms with E-state index in [1.54, 1.807) is 41.3 Å². The van der Waals surface area contributed by atoms with Crippen LogP contribution in [-0.2, 0) is 16.4 Å². The van der Waals surface area contributed by atoms with Crippen molar-refractivity contribution in [1.82, 2.24) is 4.31 Å². The van der Waals surface area contributed by atoms with Crippen LogP contribution in [0.3, 0.4) is 0 Å². The molecule has 1 aliphatic rings. The van der Waals surface area contributed by atoms with Crippen LogP contribution < -0.4 is 4.90 Å². The molecule has 0 radical (unpaired) electrons. The quantitative estimate of drug-likeness (QED) is 0.841. The molecule has 0 atom stereocenters. The number of fused-ring (bicyclic) bond motifs is 1. The third-order valence-electron chi connectivity index (χ3n) is 4.07. The summed E-state index contributed by atoms with van der Waals surface area (Å²) in [6.45, 7) is 0.505. The first kappa shape index (κ1) is 17.0. The molecular weight excluding hydrogens is 348 g/mol. The molecule has 0 saturated heterocycles. The number of hydrogen-bond acceptors (Lipinski definition) is 3. The second-order valence-corrected chi connectivity index (χ2v) is 8.32. The maximum absolute atomic E-state index is 12.7. The minimum Gasteiger partial charge on any atom is -0.308 e. The highest BCUT2D eigenvalue weighted by molar-refractivity contribution is 7.89. The van der Waals surface area contributed by atoms with Crippen molar-refractivity contribution in [2.45, 2.75) is 11.3 Å². The van der Waals surface area contributed by atoms with Crippen molar-refractivity contribution in [3.05, 3.63) is 58.6 Å². The van der Waals surface area contributed by atoms with E-state index in [4.69, 9.17) is 11.6 Å².